The van der Waals surface area contributed by atoms with E-state index >= 15 is 0 Å². The Labute approximate surface area is 87.3 Å². The molecule has 1 unspecified atom stereocenters. The van der Waals surface area contributed by atoms with Gasteiger partial charge in [-0.1, -0.05) is 12.1 Å². The average Bonchev–Trinajstić information content (AvgIpc) is 2.18. The summed E-state index contributed by atoms with van der Waals surface area (Å²) < 4.78 is 12.6. The van der Waals surface area contributed by atoms with Gasteiger partial charge in [0.15, 0.2) is 0 Å². The zero-order valence-corrected chi connectivity index (χ0v) is 8.58. The van der Waals surface area contributed by atoms with Gasteiger partial charge in [0.05, 0.1) is 6.04 Å². The van der Waals surface area contributed by atoms with Crippen molar-refractivity contribution in [3.63, 3.8) is 0 Å². The van der Waals surface area contributed by atoms with E-state index in [-0.39, 0.29) is 11.9 Å². The van der Waals surface area contributed by atoms with E-state index in [0.29, 0.717) is 0 Å². The van der Waals surface area contributed by atoms with Gasteiger partial charge in [-0.2, -0.15) is 0 Å². The number of hydrogen-bond donors (Lipinski definition) is 1. The molecule has 0 aliphatic rings. The monoisotopic (exact) mass is 209 g/mol. The normalized spacial score (nSPS) is 11.9. The minimum absolute atomic E-state index is 0.304. The summed E-state index contributed by atoms with van der Waals surface area (Å²) in [5.74, 6) is -1.50. The molecule has 1 N–H and O–H groups in total. The van der Waals surface area contributed by atoms with Crippen LogP contribution >= 0.6 is 0 Å². The van der Waals surface area contributed by atoms with Gasteiger partial charge < -0.3 is 5.32 Å². The van der Waals surface area contributed by atoms with E-state index in [9.17, 15) is 14.0 Å². The number of rotatable bonds is 3. The van der Waals surface area contributed by atoms with E-state index in [4.69, 9.17) is 0 Å². The van der Waals surface area contributed by atoms with Crippen LogP contribution < -0.4 is 5.32 Å². The highest BCUT2D eigenvalue weighted by molar-refractivity contribution is 6.35. The van der Waals surface area contributed by atoms with Gasteiger partial charge in [0.2, 0.25) is 5.78 Å². The van der Waals surface area contributed by atoms with Crippen molar-refractivity contribution in [2.24, 2.45) is 0 Å². The molecule has 4 heteroatoms. The molecule has 0 aliphatic carbocycles. The number of amides is 1. The predicted octanol–water partition coefficient (Wildman–Crippen LogP) is 1.59. The lowest BCUT2D eigenvalue weighted by Gasteiger charge is -2.12. The van der Waals surface area contributed by atoms with Gasteiger partial charge in [-0.25, -0.2) is 4.39 Å². The van der Waals surface area contributed by atoms with E-state index in [1.165, 1.54) is 19.1 Å². The molecule has 15 heavy (non-hydrogen) atoms. The third-order valence-corrected chi connectivity index (χ3v) is 2.04. The molecule has 3 nitrogen and oxygen atoms in total. The van der Waals surface area contributed by atoms with E-state index in [1.807, 2.05) is 0 Å². The lowest BCUT2D eigenvalue weighted by Crippen LogP contribution is -2.31. The number of halogens is 1. The van der Waals surface area contributed by atoms with Gasteiger partial charge in [0.25, 0.3) is 5.91 Å². The van der Waals surface area contributed by atoms with E-state index < -0.39 is 11.7 Å². The van der Waals surface area contributed by atoms with Gasteiger partial charge in [-0.05, 0) is 24.6 Å². The van der Waals surface area contributed by atoms with Gasteiger partial charge in [-0.3, -0.25) is 9.59 Å². The number of carbonyl (C=O) groups excluding carboxylic acids is 2. The highest BCUT2D eigenvalue weighted by Crippen LogP contribution is 2.12. The van der Waals surface area contributed by atoms with Crippen LogP contribution in [-0.4, -0.2) is 11.7 Å². The van der Waals surface area contributed by atoms with E-state index in [1.54, 1.807) is 19.1 Å². The standard InChI is InChI=1S/C11H12FNO2/c1-7(13-11(15)8(2)14)9-3-5-10(12)6-4-9/h3-7H,1-2H3,(H,13,15). The van der Waals surface area contributed by atoms with Crippen LogP contribution in [0.2, 0.25) is 0 Å². The molecular weight excluding hydrogens is 197 g/mol. The Morgan fingerprint density at radius 1 is 1.27 bits per heavy atom. The maximum absolute atomic E-state index is 12.6. The molecule has 0 saturated heterocycles. The maximum atomic E-state index is 12.6. The fourth-order valence-corrected chi connectivity index (χ4v) is 1.13. The van der Waals surface area contributed by atoms with Crippen molar-refractivity contribution < 1.29 is 14.0 Å². The highest BCUT2D eigenvalue weighted by Gasteiger charge is 2.12. The second-order valence-corrected chi connectivity index (χ2v) is 3.30. The minimum Gasteiger partial charge on any atom is -0.343 e. The third-order valence-electron chi connectivity index (χ3n) is 2.04. The molecule has 0 heterocycles. The molecule has 1 atom stereocenters. The molecule has 0 saturated carbocycles. The first-order valence-corrected chi connectivity index (χ1v) is 4.57. The minimum atomic E-state index is -0.633. The second-order valence-electron chi connectivity index (χ2n) is 3.30. The first kappa shape index (κ1) is 11.4. The fourth-order valence-electron chi connectivity index (χ4n) is 1.13. The van der Waals surface area contributed by atoms with Crippen molar-refractivity contribution in [2.75, 3.05) is 0 Å². The summed E-state index contributed by atoms with van der Waals surface area (Å²) in [5, 5.41) is 2.50. The number of hydrogen-bond acceptors (Lipinski definition) is 2. The molecule has 1 aromatic carbocycles. The highest BCUT2D eigenvalue weighted by atomic mass is 19.1. The van der Waals surface area contributed by atoms with E-state index in [0.717, 1.165) is 5.56 Å². The Balaban J connectivity index is 2.69. The molecule has 1 amide bonds. The zero-order chi connectivity index (χ0) is 11.4. The van der Waals surface area contributed by atoms with Gasteiger partial charge in [0.1, 0.15) is 5.82 Å². The van der Waals surface area contributed by atoms with Crippen LogP contribution in [0.15, 0.2) is 24.3 Å². The number of carbonyl (C=O) groups is 2. The van der Waals surface area contributed by atoms with Crippen LogP contribution in [0.4, 0.5) is 4.39 Å². The molecule has 0 radical (unpaired) electrons. The Morgan fingerprint density at radius 3 is 2.27 bits per heavy atom. The number of nitrogens with one attached hydrogen (secondary N) is 1. The molecule has 1 aromatic rings. The molecule has 0 aromatic heterocycles. The lowest BCUT2D eigenvalue weighted by atomic mass is 10.1. The average molecular weight is 209 g/mol. The van der Waals surface area contributed by atoms with E-state index in [2.05, 4.69) is 5.32 Å². The maximum Gasteiger partial charge on any atom is 0.287 e. The van der Waals surface area contributed by atoms with Crippen molar-refractivity contribution in [3.8, 4) is 0 Å². The summed E-state index contributed by atoms with van der Waals surface area (Å²) in [7, 11) is 0. The van der Waals surface area contributed by atoms with Crippen LogP contribution in [0.1, 0.15) is 25.5 Å². The molecule has 0 bridgehead atoms. The SMILES string of the molecule is CC(=O)C(=O)NC(C)c1ccc(F)cc1. The van der Waals surface area contributed by atoms with Crippen molar-refractivity contribution >= 4 is 11.7 Å². The Kier molecular flexibility index (Phi) is 3.55. The molecule has 0 aliphatic heterocycles. The second kappa shape index (κ2) is 4.68. The van der Waals surface area contributed by atoms with Gasteiger partial charge in [-0.15, -0.1) is 0 Å². The quantitative estimate of drug-likeness (QED) is 0.768. The fraction of sp³-hybridized carbons (Fsp3) is 0.273. The summed E-state index contributed by atoms with van der Waals surface area (Å²) in [6, 6.07) is 5.46. The largest absolute Gasteiger partial charge is 0.343 e. The number of ketones is 1. The summed E-state index contributed by atoms with van der Waals surface area (Å²) in [4.78, 5) is 21.8. The number of benzene rings is 1. The predicted molar refractivity (Wildman–Crippen MR) is 53.6 cm³/mol. The molecule has 1 rings (SSSR count). The van der Waals surface area contributed by atoms with Crippen molar-refractivity contribution in [1.29, 1.82) is 0 Å². The van der Waals surface area contributed by atoms with Crippen LogP contribution in [-0.2, 0) is 9.59 Å². The van der Waals surface area contributed by atoms with Crippen molar-refractivity contribution in [3.05, 3.63) is 35.6 Å². The number of Topliss-reactive ketones (excluding diaryl/α,β-unsaturated/α-hetero) is 1. The Hall–Kier alpha value is -1.71. The van der Waals surface area contributed by atoms with Crippen LogP contribution in [0.3, 0.4) is 0 Å². The van der Waals surface area contributed by atoms with Crippen LogP contribution in [0.5, 0.6) is 0 Å². The van der Waals surface area contributed by atoms with Gasteiger partial charge in [0, 0.05) is 6.92 Å². The zero-order valence-electron chi connectivity index (χ0n) is 8.58. The molecule has 80 valence electrons. The first-order valence-electron chi connectivity index (χ1n) is 4.57. The summed E-state index contributed by atoms with van der Waals surface area (Å²) in [6.45, 7) is 2.93. The molecular formula is C11H12FNO2. The van der Waals surface area contributed by atoms with Crippen molar-refractivity contribution in [1.82, 2.24) is 5.32 Å². The summed E-state index contributed by atoms with van der Waals surface area (Å²) in [5.41, 5.74) is 0.756. The van der Waals surface area contributed by atoms with Crippen molar-refractivity contribution in [2.45, 2.75) is 19.9 Å². The summed E-state index contributed by atoms with van der Waals surface area (Å²) >= 11 is 0. The topological polar surface area (TPSA) is 46.2 Å². The smallest absolute Gasteiger partial charge is 0.287 e. The Bertz CT molecular complexity index is 373. The molecule has 0 fully saturated rings. The van der Waals surface area contributed by atoms with Crippen LogP contribution in [0, 0.1) is 5.82 Å². The lowest BCUT2D eigenvalue weighted by molar-refractivity contribution is -0.137. The first-order chi connectivity index (χ1) is 7.00. The Morgan fingerprint density at radius 2 is 1.80 bits per heavy atom. The van der Waals surface area contributed by atoms with Crippen LogP contribution in [0.25, 0.3) is 0 Å². The van der Waals surface area contributed by atoms with Gasteiger partial charge >= 0.3 is 0 Å². The molecule has 0 spiro atoms. The third kappa shape index (κ3) is 3.16. The summed E-state index contributed by atoms with van der Waals surface area (Å²) in [6.07, 6.45) is 0.